The lowest BCUT2D eigenvalue weighted by Gasteiger charge is -2.40. The minimum absolute atomic E-state index is 0.00142. The molecule has 2 aliphatic heterocycles. The third kappa shape index (κ3) is 3.34. The maximum Gasteiger partial charge on any atom is 0.0940 e. The molecule has 4 heteroatoms. The van der Waals surface area contributed by atoms with Crippen molar-refractivity contribution in [3.05, 3.63) is 21.9 Å². The van der Waals surface area contributed by atoms with E-state index in [-0.39, 0.29) is 5.60 Å². The molecular weight excluding hydrogens is 282 g/mol. The predicted octanol–water partition coefficient (Wildman–Crippen LogP) is 3.55. The van der Waals surface area contributed by atoms with Gasteiger partial charge in [-0.15, -0.1) is 11.3 Å². The topological polar surface area (TPSA) is 30.5 Å². The Hall–Kier alpha value is -0.420. The average molecular weight is 309 g/mol. The van der Waals surface area contributed by atoms with Gasteiger partial charge in [-0.2, -0.15) is 0 Å². The zero-order valence-electron chi connectivity index (χ0n) is 13.2. The Kier molecular flexibility index (Phi) is 4.99. The van der Waals surface area contributed by atoms with Gasteiger partial charge in [-0.3, -0.25) is 0 Å². The summed E-state index contributed by atoms with van der Waals surface area (Å²) in [6.45, 7) is 7.98. The summed E-state index contributed by atoms with van der Waals surface area (Å²) in [5.41, 5.74) is 0.00142. The van der Waals surface area contributed by atoms with Crippen LogP contribution < -0.4 is 5.32 Å². The van der Waals surface area contributed by atoms with Crippen molar-refractivity contribution < 1.29 is 9.47 Å². The lowest BCUT2D eigenvalue weighted by Crippen LogP contribution is -2.44. The van der Waals surface area contributed by atoms with Crippen LogP contribution in [0.15, 0.2) is 12.1 Å². The zero-order chi connectivity index (χ0) is 14.7. The normalized spacial score (nSPS) is 30.9. The van der Waals surface area contributed by atoms with Crippen molar-refractivity contribution in [2.45, 2.75) is 51.2 Å². The van der Waals surface area contributed by atoms with Gasteiger partial charge in [-0.1, -0.05) is 13.8 Å². The smallest absolute Gasteiger partial charge is 0.0940 e. The van der Waals surface area contributed by atoms with Gasteiger partial charge < -0.3 is 14.8 Å². The highest BCUT2D eigenvalue weighted by molar-refractivity contribution is 7.12. The van der Waals surface area contributed by atoms with E-state index in [1.807, 2.05) is 11.3 Å². The Morgan fingerprint density at radius 1 is 1.38 bits per heavy atom. The maximum absolute atomic E-state index is 6.10. The monoisotopic (exact) mass is 309 g/mol. The third-order valence-corrected chi connectivity index (χ3v) is 6.14. The molecule has 3 unspecified atom stereocenters. The van der Waals surface area contributed by atoms with Crippen LogP contribution in [0, 0.1) is 5.92 Å². The van der Waals surface area contributed by atoms with Crippen LogP contribution in [0.1, 0.15) is 48.9 Å². The lowest BCUT2D eigenvalue weighted by atomic mass is 9.80. The summed E-state index contributed by atoms with van der Waals surface area (Å²) in [7, 11) is 0. The Balaban J connectivity index is 1.76. The molecule has 118 valence electrons. The zero-order valence-corrected chi connectivity index (χ0v) is 14.0. The average Bonchev–Trinajstić information content (AvgIpc) is 3.14. The summed E-state index contributed by atoms with van der Waals surface area (Å²) < 4.78 is 11.7. The quantitative estimate of drug-likeness (QED) is 0.902. The molecule has 3 atom stereocenters. The molecular formula is C17H27NO2S. The molecule has 0 bridgehead atoms. The van der Waals surface area contributed by atoms with Crippen LogP contribution in [0.4, 0.5) is 0 Å². The van der Waals surface area contributed by atoms with E-state index in [9.17, 15) is 0 Å². The third-order valence-electron chi connectivity index (χ3n) is 4.83. The molecule has 0 saturated carbocycles. The number of nitrogens with one attached hydrogen (secondary N) is 1. The summed E-state index contributed by atoms with van der Waals surface area (Å²) in [6, 6.07) is 5.09. The molecule has 0 amide bonds. The summed E-state index contributed by atoms with van der Waals surface area (Å²) in [4.78, 5) is 2.98. The van der Waals surface area contributed by atoms with Crippen molar-refractivity contribution >= 4 is 11.3 Å². The van der Waals surface area contributed by atoms with E-state index in [2.05, 4.69) is 31.3 Å². The fraction of sp³-hybridized carbons (Fsp3) is 0.765. The van der Waals surface area contributed by atoms with Crippen molar-refractivity contribution in [3.63, 3.8) is 0 Å². The van der Waals surface area contributed by atoms with Crippen molar-refractivity contribution in [3.8, 4) is 0 Å². The van der Waals surface area contributed by atoms with Crippen LogP contribution in [0.25, 0.3) is 0 Å². The van der Waals surface area contributed by atoms with Gasteiger partial charge in [0.05, 0.1) is 12.2 Å². The Labute approximate surface area is 132 Å². The molecule has 1 aromatic rings. The second-order valence-corrected chi connectivity index (χ2v) is 7.48. The van der Waals surface area contributed by atoms with Crippen LogP contribution in [-0.4, -0.2) is 32.0 Å². The van der Waals surface area contributed by atoms with E-state index in [1.165, 1.54) is 9.75 Å². The highest BCUT2D eigenvalue weighted by atomic mass is 32.1. The van der Waals surface area contributed by atoms with Gasteiger partial charge in [0.15, 0.2) is 0 Å². The van der Waals surface area contributed by atoms with Gasteiger partial charge in [0, 0.05) is 35.4 Å². The number of hydrogen-bond donors (Lipinski definition) is 1. The van der Waals surface area contributed by atoms with Gasteiger partial charge in [-0.25, -0.2) is 0 Å². The van der Waals surface area contributed by atoms with Crippen molar-refractivity contribution in [1.82, 2.24) is 5.32 Å². The second-order valence-electron chi connectivity index (χ2n) is 6.28. The van der Waals surface area contributed by atoms with E-state index in [4.69, 9.17) is 9.47 Å². The SMILES string of the molecule is CCNC(c1ccc(CC)s1)C1CCOC2(CCOC2)C1. The highest BCUT2D eigenvalue weighted by Crippen LogP contribution is 2.42. The Morgan fingerprint density at radius 2 is 2.29 bits per heavy atom. The molecule has 1 N–H and O–H groups in total. The molecule has 3 rings (SSSR count). The van der Waals surface area contributed by atoms with E-state index in [0.717, 1.165) is 52.0 Å². The van der Waals surface area contributed by atoms with E-state index in [1.54, 1.807) is 0 Å². The number of rotatable bonds is 5. The van der Waals surface area contributed by atoms with Gasteiger partial charge >= 0.3 is 0 Å². The minimum Gasteiger partial charge on any atom is -0.378 e. The van der Waals surface area contributed by atoms with Gasteiger partial charge in [0.1, 0.15) is 0 Å². The summed E-state index contributed by atoms with van der Waals surface area (Å²) in [5.74, 6) is 0.656. The predicted molar refractivity (Wildman–Crippen MR) is 87.0 cm³/mol. The first-order valence-corrected chi connectivity index (χ1v) is 9.11. The molecule has 2 saturated heterocycles. The molecule has 3 heterocycles. The largest absolute Gasteiger partial charge is 0.378 e. The summed E-state index contributed by atoms with van der Waals surface area (Å²) in [6.07, 6.45) is 4.48. The van der Waals surface area contributed by atoms with Gasteiger partial charge in [0.25, 0.3) is 0 Å². The Bertz CT molecular complexity index is 453. The number of ether oxygens (including phenoxy) is 2. The van der Waals surface area contributed by atoms with Crippen LogP contribution in [-0.2, 0) is 15.9 Å². The van der Waals surface area contributed by atoms with Gasteiger partial charge in [0.2, 0.25) is 0 Å². The molecule has 0 aromatic carbocycles. The van der Waals surface area contributed by atoms with Gasteiger partial charge in [-0.05, 0) is 43.9 Å². The van der Waals surface area contributed by atoms with E-state index < -0.39 is 0 Å². The molecule has 1 aromatic heterocycles. The lowest BCUT2D eigenvalue weighted by molar-refractivity contribution is -0.103. The molecule has 21 heavy (non-hydrogen) atoms. The maximum atomic E-state index is 6.10. The molecule has 2 aliphatic rings. The molecule has 0 aliphatic carbocycles. The summed E-state index contributed by atoms with van der Waals surface area (Å²) >= 11 is 1.97. The number of aryl methyl sites for hydroxylation is 1. The van der Waals surface area contributed by atoms with E-state index >= 15 is 0 Å². The first-order chi connectivity index (χ1) is 10.3. The Morgan fingerprint density at radius 3 is 2.95 bits per heavy atom. The fourth-order valence-electron chi connectivity index (χ4n) is 3.68. The van der Waals surface area contributed by atoms with Crippen LogP contribution in [0.3, 0.4) is 0 Å². The van der Waals surface area contributed by atoms with E-state index in [0.29, 0.717) is 12.0 Å². The number of hydrogen-bond acceptors (Lipinski definition) is 4. The number of thiophene rings is 1. The van der Waals surface area contributed by atoms with Crippen molar-refractivity contribution in [1.29, 1.82) is 0 Å². The standard InChI is InChI=1S/C17H27NO2S/c1-3-14-5-6-15(21-14)16(18-4-2)13-7-9-20-17(11-13)8-10-19-12-17/h5-6,13,16,18H,3-4,7-12H2,1-2H3. The van der Waals surface area contributed by atoms with Crippen LogP contribution in [0.5, 0.6) is 0 Å². The second kappa shape index (κ2) is 6.78. The summed E-state index contributed by atoms with van der Waals surface area (Å²) in [5, 5.41) is 3.73. The molecule has 2 fully saturated rings. The van der Waals surface area contributed by atoms with Crippen molar-refractivity contribution in [2.24, 2.45) is 5.92 Å². The highest BCUT2D eigenvalue weighted by Gasteiger charge is 2.43. The van der Waals surface area contributed by atoms with Crippen LogP contribution >= 0.6 is 11.3 Å². The molecule has 3 nitrogen and oxygen atoms in total. The first-order valence-electron chi connectivity index (χ1n) is 8.30. The molecule has 1 spiro atoms. The van der Waals surface area contributed by atoms with Crippen molar-refractivity contribution in [2.75, 3.05) is 26.4 Å². The van der Waals surface area contributed by atoms with Crippen LogP contribution in [0.2, 0.25) is 0 Å². The fourth-order valence-corrected chi connectivity index (χ4v) is 4.81. The first kappa shape index (κ1) is 15.5. The minimum atomic E-state index is 0.00142. The molecule has 0 radical (unpaired) electrons.